The molecule has 0 aliphatic carbocycles. The van der Waals surface area contributed by atoms with Gasteiger partial charge in [0.15, 0.2) is 11.5 Å². The van der Waals surface area contributed by atoms with Crippen LogP contribution in [0.15, 0.2) is 48.5 Å². The predicted molar refractivity (Wildman–Crippen MR) is 84.5 cm³/mol. The second-order valence-corrected chi connectivity index (χ2v) is 4.81. The van der Waals surface area contributed by atoms with Gasteiger partial charge in [0.1, 0.15) is 0 Å². The quantitative estimate of drug-likeness (QED) is 0.652. The highest BCUT2D eigenvalue weighted by atomic mass is 16.5. The summed E-state index contributed by atoms with van der Waals surface area (Å²) in [5.74, 6) is 0.723. The molecule has 0 fully saturated rings. The molecule has 0 heterocycles. The van der Waals surface area contributed by atoms with Crippen LogP contribution in [0, 0.1) is 0 Å². The summed E-state index contributed by atoms with van der Waals surface area (Å²) in [7, 11) is 1.56. The molecule has 0 aromatic heterocycles. The van der Waals surface area contributed by atoms with E-state index in [1.165, 1.54) is 5.56 Å². The summed E-state index contributed by atoms with van der Waals surface area (Å²) in [6, 6.07) is 15.8. The smallest absolute Gasteiger partial charge is 0.162 e. The zero-order chi connectivity index (χ0) is 14.9. The Balaban J connectivity index is 1.66. The molecular weight excluding hydrogens is 264 g/mol. The van der Waals surface area contributed by atoms with Crippen molar-refractivity contribution in [3.8, 4) is 11.5 Å². The fourth-order valence-corrected chi connectivity index (χ4v) is 2.10. The van der Waals surface area contributed by atoms with Gasteiger partial charge in [-0.1, -0.05) is 42.5 Å². The highest BCUT2D eigenvalue weighted by Crippen LogP contribution is 2.28. The van der Waals surface area contributed by atoms with E-state index in [1.807, 2.05) is 30.3 Å². The molecule has 0 spiro atoms. The van der Waals surface area contributed by atoms with Crippen LogP contribution in [0.5, 0.6) is 11.5 Å². The van der Waals surface area contributed by atoms with E-state index in [4.69, 9.17) is 4.74 Å². The number of aromatic hydroxyl groups is 1. The fraction of sp³-hybridized carbons (Fsp3) is 0.294. The predicted octanol–water partition coefficient (Wildman–Crippen LogP) is 2.28. The number of para-hydroxylation sites is 1. The minimum absolute atomic E-state index is 0.213. The largest absolute Gasteiger partial charge is 0.504 e. The lowest BCUT2D eigenvalue weighted by atomic mass is 10.2. The maximum atomic E-state index is 9.96. The summed E-state index contributed by atoms with van der Waals surface area (Å²) in [6.07, 6.45) is 0. The van der Waals surface area contributed by atoms with Crippen molar-refractivity contribution in [2.45, 2.75) is 13.1 Å². The van der Waals surface area contributed by atoms with Crippen LogP contribution < -0.4 is 15.4 Å². The van der Waals surface area contributed by atoms with Gasteiger partial charge < -0.3 is 20.5 Å². The number of ether oxygens (including phenoxy) is 1. The van der Waals surface area contributed by atoms with Crippen molar-refractivity contribution in [2.75, 3.05) is 20.2 Å². The number of benzene rings is 2. The van der Waals surface area contributed by atoms with Crippen LogP contribution in [-0.4, -0.2) is 25.3 Å². The first-order valence-electron chi connectivity index (χ1n) is 7.11. The lowest BCUT2D eigenvalue weighted by Gasteiger charge is -2.10. The van der Waals surface area contributed by atoms with Crippen molar-refractivity contribution in [1.29, 1.82) is 0 Å². The number of methoxy groups -OCH3 is 1. The van der Waals surface area contributed by atoms with E-state index < -0.39 is 0 Å². The van der Waals surface area contributed by atoms with Gasteiger partial charge >= 0.3 is 0 Å². The average molecular weight is 286 g/mol. The van der Waals surface area contributed by atoms with Gasteiger partial charge in [0.05, 0.1) is 7.11 Å². The maximum Gasteiger partial charge on any atom is 0.162 e. The third kappa shape index (κ3) is 4.77. The molecule has 2 rings (SSSR count). The van der Waals surface area contributed by atoms with E-state index >= 15 is 0 Å². The molecule has 0 bridgehead atoms. The van der Waals surface area contributed by atoms with Gasteiger partial charge in [-0.05, 0) is 11.6 Å². The number of hydrogen-bond acceptors (Lipinski definition) is 4. The molecule has 0 unspecified atom stereocenters. The second-order valence-electron chi connectivity index (χ2n) is 4.81. The summed E-state index contributed by atoms with van der Waals surface area (Å²) in [4.78, 5) is 0. The second kappa shape index (κ2) is 8.29. The first-order chi connectivity index (χ1) is 10.3. The molecule has 4 heteroatoms. The summed E-state index contributed by atoms with van der Waals surface area (Å²) < 4.78 is 5.09. The van der Waals surface area contributed by atoms with Gasteiger partial charge in [-0.2, -0.15) is 0 Å². The lowest BCUT2D eigenvalue weighted by molar-refractivity contribution is 0.369. The highest BCUT2D eigenvalue weighted by Gasteiger charge is 2.06. The normalized spacial score (nSPS) is 10.5. The summed E-state index contributed by atoms with van der Waals surface area (Å²) in [5.41, 5.74) is 2.13. The number of nitrogens with one attached hydrogen (secondary N) is 2. The van der Waals surface area contributed by atoms with Crippen molar-refractivity contribution in [3.63, 3.8) is 0 Å². The molecule has 112 valence electrons. The molecule has 3 N–H and O–H groups in total. The topological polar surface area (TPSA) is 53.5 Å². The standard InChI is InChI=1S/C17H22N2O2/c1-21-16-9-5-8-15(17(16)20)13-19-11-10-18-12-14-6-3-2-4-7-14/h2-9,18-20H,10-13H2,1H3. The molecule has 21 heavy (non-hydrogen) atoms. The zero-order valence-electron chi connectivity index (χ0n) is 12.3. The van der Waals surface area contributed by atoms with Crippen LogP contribution in [0.2, 0.25) is 0 Å². The van der Waals surface area contributed by atoms with Gasteiger partial charge in [-0.15, -0.1) is 0 Å². The van der Waals surface area contributed by atoms with Gasteiger partial charge in [0.2, 0.25) is 0 Å². The zero-order valence-corrected chi connectivity index (χ0v) is 12.3. The summed E-state index contributed by atoms with van der Waals surface area (Å²) >= 11 is 0. The maximum absolute atomic E-state index is 9.96. The Kier molecular flexibility index (Phi) is 6.06. The van der Waals surface area contributed by atoms with E-state index in [0.29, 0.717) is 12.3 Å². The van der Waals surface area contributed by atoms with Crippen LogP contribution in [-0.2, 0) is 13.1 Å². The molecule has 0 saturated carbocycles. The molecule has 0 radical (unpaired) electrons. The summed E-state index contributed by atoms with van der Waals surface area (Å²) in [6.45, 7) is 3.20. The molecule has 0 atom stereocenters. The molecule has 2 aromatic rings. The van der Waals surface area contributed by atoms with Crippen LogP contribution >= 0.6 is 0 Å². The highest BCUT2D eigenvalue weighted by molar-refractivity contribution is 5.45. The first-order valence-corrected chi connectivity index (χ1v) is 7.11. The Morgan fingerprint density at radius 2 is 1.62 bits per heavy atom. The van der Waals surface area contributed by atoms with E-state index in [9.17, 15) is 5.11 Å². The Bertz CT molecular complexity index is 544. The number of hydrogen-bond donors (Lipinski definition) is 3. The SMILES string of the molecule is COc1cccc(CNCCNCc2ccccc2)c1O. The van der Waals surface area contributed by atoms with E-state index in [0.717, 1.165) is 25.2 Å². The van der Waals surface area contributed by atoms with E-state index in [-0.39, 0.29) is 5.75 Å². The average Bonchev–Trinajstić information content (AvgIpc) is 2.53. The van der Waals surface area contributed by atoms with Crippen molar-refractivity contribution < 1.29 is 9.84 Å². The van der Waals surface area contributed by atoms with Crippen LogP contribution in [0.1, 0.15) is 11.1 Å². The molecule has 4 nitrogen and oxygen atoms in total. The fourth-order valence-electron chi connectivity index (χ4n) is 2.10. The summed E-state index contributed by atoms with van der Waals surface area (Å²) in [5, 5.41) is 16.6. The minimum Gasteiger partial charge on any atom is -0.504 e. The third-order valence-corrected chi connectivity index (χ3v) is 3.27. The third-order valence-electron chi connectivity index (χ3n) is 3.27. The molecule has 0 aliphatic heterocycles. The Morgan fingerprint density at radius 1 is 0.905 bits per heavy atom. The van der Waals surface area contributed by atoms with Gasteiger partial charge in [0.25, 0.3) is 0 Å². The number of rotatable bonds is 8. The first kappa shape index (κ1) is 15.4. The number of phenols is 1. The van der Waals surface area contributed by atoms with Crippen LogP contribution in [0.4, 0.5) is 0 Å². The molecule has 2 aromatic carbocycles. The van der Waals surface area contributed by atoms with Gasteiger partial charge in [-0.25, -0.2) is 0 Å². The van der Waals surface area contributed by atoms with Crippen molar-refractivity contribution >= 4 is 0 Å². The van der Waals surface area contributed by atoms with Crippen molar-refractivity contribution in [1.82, 2.24) is 10.6 Å². The molecule has 0 saturated heterocycles. The Morgan fingerprint density at radius 3 is 2.33 bits per heavy atom. The molecule has 0 aliphatic rings. The van der Waals surface area contributed by atoms with Crippen molar-refractivity contribution in [2.24, 2.45) is 0 Å². The lowest BCUT2D eigenvalue weighted by Crippen LogP contribution is -2.26. The van der Waals surface area contributed by atoms with E-state index in [2.05, 4.69) is 22.8 Å². The Hall–Kier alpha value is -2.04. The van der Waals surface area contributed by atoms with Crippen molar-refractivity contribution in [3.05, 3.63) is 59.7 Å². The number of phenolic OH excluding ortho intramolecular Hbond substituents is 1. The van der Waals surface area contributed by atoms with Crippen LogP contribution in [0.3, 0.4) is 0 Å². The van der Waals surface area contributed by atoms with Crippen LogP contribution in [0.25, 0.3) is 0 Å². The Labute approximate surface area is 125 Å². The van der Waals surface area contributed by atoms with Gasteiger partial charge in [-0.3, -0.25) is 0 Å². The molecular formula is C17H22N2O2. The monoisotopic (exact) mass is 286 g/mol. The van der Waals surface area contributed by atoms with Gasteiger partial charge in [0, 0.05) is 31.7 Å². The minimum atomic E-state index is 0.213. The van der Waals surface area contributed by atoms with E-state index in [1.54, 1.807) is 13.2 Å². The molecule has 0 amide bonds.